The predicted molar refractivity (Wildman–Crippen MR) is 76.7 cm³/mol. The molecule has 4 heteroatoms. The molecule has 0 saturated carbocycles. The van der Waals surface area contributed by atoms with Crippen molar-refractivity contribution in [3.8, 4) is 22.6 Å². The van der Waals surface area contributed by atoms with E-state index in [9.17, 15) is 9.90 Å². The molecule has 0 aliphatic rings. The van der Waals surface area contributed by atoms with E-state index in [4.69, 9.17) is 9.47 Å². The lowest BCUT2D eigenvalue weighted by Crippen LogP contribution is -2.01. The molecule has 0 saturated heterocycles. The molecular formula is C16H16O4. The number of carboxylic acid groups (broad SMARTS) is 1. The zero-order chi connectivity index (χ0) is 14.7. The maximum absolute atomic E-state index is 11.2. The number of carbonyl (C=O) groups is 1. The highest BCUT2D eigenvalue weighted by Crippen LogP contribution is 2.32. The van der Waals surface area contributed by atoms with Gasteiger partial charge in [-0.2, -0.15) is 0 Å². The van der Waals surface area contributed by atoms with Crippen LogP contribution < -0.4 is 9.47 Å². The molecule has 4 nitrogen and oxygen atoms in total. The van der Waals surface area contributed by atoms with Crippen molar-refractivity contribution >= 4 is 5.97 Å². The third-order valence-corrected chi connectivity index (χ3v) is 3.23. The molecule has 2 aromatic carbocycles. The van der Waals surface area contributed by atoms with Gasteiger partial charge in [-0.25, -0.2) is 4.79 Å². The summed E-state index contributed by atoms with van der Waals surface area (Å²) in [6, 6.07) is 10.7. The molecule has 0 aliphatic heterocycles. The van der Waals surface area contributed by atoms with Crippen LogP contribution in [0.2, 0.25) is 0 Å². The highest BCUT2D eigenvalue weighted by atomic mass is 16.5. The normalized spacial score (nSPS) is 10.2. The van der Waals surface area contributed by atoms with Gasteiger partial charge < -0.3 is 14.6 Å². The summed E-state index contributed by atoms with van der Waals surface area (Å²) in [5.41, 5.74) is 2.73. The summed E-state index contributed by atoms with van der Waals surface area (Å²) in [5, 5.41) is 9.19. The molecule has 0 atom stereocenters. The molecule has 1 N–H and O–H groups in total. The van der Waals surface area contributed by atoms with Gasteiger partial charge in [-0.15, -0.1) is 0 Å². The van der Waals surface area contributed by atoms with E-state index in [-0.39, 0.29) is 0 Å². The summed E-state index contributed by atoms with van der Waals surface area (Å²) in [6.07, 6.45) is 0. The minimum atomic E-state index is -0.931. The number of benzene rings is 2. The number of ether oxygens (including phenoxy) is 2. The van der Waals surface area contributed by atoms with E-state index in [0.717, 1.165) is 16.7 Å². The van der Waals surface area contributed by atoms with E-state index < -0.39 is 5.97 Å². The maximum Gasteiger partial charge on any atom is 0.335 e. The Morgan fingerprint density at radius 1 is 1.05 bits per heavy atom. The molecule has 2 rings (SSSR count). The van der Waals surface area contributed by atoms with E-state index in [1.165, 1.54) is 0 Å². The van der Waals surface area contributed by atoms with Crippen molar-refractivity contribution in [2.75, 3.05) is 14.2 Å². The maximum atomic E-state index is 11.2. The van der Waals surface area contributed by atoms with Crippen molar-refractivity contribution in [1.82, 2.24) is 0 Å². The third kappa shape index (κ3) is 2.59. The number of carboxylic acids is 1. The van der Waals surface area contributed by atoms with Gasteiger partial charge in [0.2, 0.25) is 0 Å². The van der Waals surface area contributed by atoms with E-state index in [1.54, 1.807) is 39.3 Å². The fourth-order valence-electron chi connectivity index (χ4n) is 2.14. The average Bonchev–Trinajstić information content (AvgIpc) is 2.46. The van der Waals surface area contributed by atoms with Crippen LogP contribution in [0.4, 0.5) is 0 Å². The topological polar surface area (TPSA) is 55.8 Å². The van der Waals surface area contributed by atoms with Gasteiger partial charge in [-0.3, -0.25) is 0 Å². The number of rotatable bonds is 4. The standard InChI is InChI=1S/C16H16O4/c1-10-14(5-4-6-15(10)16(17)18)11-7-12(19-2)9-13(8-11)20-3/h4-9H,1-3H3,(H,17,18). The Kier molecular flexibility index (Phi) is 3.94. The van der Waals surface area contributed by atoms with Crippen molar-refractivity contribution in [2.45, 2.75) is 6.92 Å². The number of aromatic carboxylic acids is 1. The van der Waals surface area contributed by atoms with Crippen LogP contribution >= 0.6 is 0 Å². The summed E-state index contributed by atoms with van der Waals surface area (Å²) in [7, 11) is 3.16. The summed E-state index contributed by atoms with van der Waals surface area (Å²) in [6.45, 7) is 1.80. The van der Waals surface area contributed by atoms with E-state index in [1.807, 2.05) is 18.2 Å². The fraction of sp³-hybridized carbons (Fsp3) is 0.188. The van der Waals surface area contributed by atoms with Crippen LogP contribution in [-0.2, 0) is 0 Å². The Morgan fingerprint density at radius 3 is 2.15 bits per heavy atom. The second-order valence-corrected chi connectivity index (χ2v) is 4.38. The highest BCUT2D eigenvalue weighted by Gasteiger charge is 2.12. The monoisotopic (exact) mass is 272 g/mol. The molecule has 0 radical (unpaired) electrons. The summed E-state index contributed by atoms with van der Waals surface area (Å²) in [5.74, 6) is 0.401. The van der Waals surface area contributed by atoms with Crippen LogP contribution in [-0.4, -0.2) is 25.3 Å². The molecule has 104 valence electrons. The van der Waals surface area contributed by atoms with Gasteiger partial charge in [-0.1, -0.05) is 12.1 Å². The Balaban J connectivity index is 2.62. The van der Waals surface area contributed by atoms with Crippen molar-refractivity contribution in [1.29, 1.82) is 0 Å². The lowest BCUT2D eigenvalue weighted by molar-refractivity contribution is 0.0696. The Bertz CT molecular complexity index is 625. The van der Waals surface area contributed by atoms with E-state index in [0.29, 0.717) is 17.1 Å². The van der Waals surface area contributed by atoms with Crippen molar-refractivity contribution in [3.63, 3.8) is 0 Å². The quantitative estimate of drug-likeness (QED) is 0.927. The van der Waals surface area contributed by atoms with Crippen molar-refractivity contribution in [2.24, 2.45) is 0 Å². The van der Waals surface area contributed by atoms with Gasteiger partial charge in [0.05, 0.1) is 19.8 Å². The van der Waals surface area contributed by atoms with Gasteiger partial charge in [0.1, 0.15) is 11.5 Å². The largest absolute Gasteiger partial charge is 0.497 e. The van der Waals surface area contributed by atoms with E-state index in [2.05, 4.69) is 0 Å². The summed E-state index contributed by atoms with van der Waals surface area (Å²) >= 11 is 0. The molecule has 2 aromatic rings. The first-order valence-corrected chi connectivity index (χ1v) is 6.13. The molecule has 0 spiro atoms. The van der Waals surface area contributed by atoms with Crippen LogP contribution in [0.1, 0.15) is 15.9 Å². The first-order chi connectivity index (χ1) is 9.56. The van der Waals surface area contributed by atoms with Crippen LogP contribution in [0.3, 0.4) is 0 Å². The van der Waals surface area contributed by atoms with E-state index >= 15 is 0 Å². The van der Waals surface area contributed by atoms with Crippen LogP contribution in [0, 0.1) is 6.92 Å². The zero-order valence-corrected chi connectivity index (χ0v) is 11.6. The third-order valence-electron chi connectivity index (χ3n) is 3.23. The molecule has 20 heavy (non-hydrogen) atoms. The average molecular weight is 272 g/mol. The second-order valence-electron chi connectivity index (χ2n) is 4.38. The molecule has 0 bridgehead atoms. The summed E-state index contributed by atoms with van der Waals surface area (Å²) in [4.78, 5) is 11.2. The first-order valence-electron chi connectivity index (χ1n) is 6.13. The minimum Gasteiger partial charge on any atom is -0.497 e. The molecule has 0 aromatic heterocycles. The first kappa shape index (κ1) is 13.9. The number of methoxy groups -OCH3 is 2. The molecule has 0 amide bonds. The zero-order valence-electron chi connectivity index (χ0n) is 11.6. The summed E-state index contributed by atoms with van der Waals surface area (Å²) < 4.78 is 10.5. The van der Waals surface area contributed by atoms with Crippen LogP contribution in [0.15, 0.2) is 36.4 Å². The molecular weight excluding hydrogens is 256 g/mol. The molecule has 0 heterocycles. The number of hydrogen-bond acceptors (Lipinski definition) is 3. The van der Waals surface area contributed by atoms with Gasteiger partial charge >= 0.3 is 5.97 Å². The Hall–Kier alpha value is -2.49. The van der Waals surface area contributed by atoms with Crippen LogP contribution in [0.25, 0.3) is 11.1 Å². The lowest BCUT2D eigenvalue weighted by Gasteiger charge is -2.12. The smallest absolute Gasteiger partial charge is 0.335 e. The van der Waals surface area contributed by atoms with Gasteiger partial charge in [0, 0.05) is 6.07 Å². The molecule has 0 fully saturated rings. The minimum absolute atomic E-state index is 0.296. The lowest BCUT2D eigenvalue weighted by atomic mass is 9.96. The second kappa shape index (κ2) is 5.65. The predicted octanol–water partition coefficient (Wildman–Crippen LogP) is 3.38. The van der Waals surface area contributed by atoms with Crippen molar-refractivity contribution < 1.29 is 19.4 Å². The number of hydrogen-bond donors (Lipinski definition) is 1. The SMILES string of the molecule is COc1cc(OC)cc(-c2cccc(C(=O)O)c2C)c1. The van der Waals surface area contributed by atoms with Crippen molar-refractivity contribution in [3.05, 3.63) is 47.5 Å². The van der Waals surface area contributed by atoms with Crippen LogP contribution in [0.5, 0.6) is 11.5 Å². The Labute approximate surface area is 117 Å². The molecule has 0 unspecified atom stereocenters. The van der Waals surface area contributed by atoms with Gasteiger partial charge in [0.25, 0.3) is 0 Å². The molecule has 0 aliphatic carbocycles. The van der Waals surface area contributed by atoms with Gasteiger partial charge in [0.15, 0.2) is 0 Å². The fourth-order valence-corrected chi connectivity index (χ4v) is 2.14. The Morgan fingerprint density at radius 2 is 1.65 bits per heavy atom. The van der Waals surface area contributed by atoms with Gasteiger partial charge in [-0.05, 0) is 41.8 Å². The highest BCUT2D eigenvalue weighted by molar-refractivity contribution is 5.92.